The molecule has 5 nitrogen and oxygen atoms in total. The maximum Gasteiger partial charge on any atom is 0.349 e. The van der Waals surface area contributed by atoms with Crippen molar-refractivity contribution in [3.05, 3.63) is 68.7 Å². The first kappa shape index (κ1) is 13.3. The average molecular weight is 298 g/mol. The molecule has 3 aromatic rings. The van der Waals surface area contributed by atoms with Crippen LogP contribution in [0.25, 0.3) is 11.0 Å². The van der Waals surface area contributed by atoms with Crippen molar-refractivity contribution in [3.63, 3.8) is 0 Å². The van der Waals surface area contributed by atoms with E-state index in [1.807, 2.05) is 17.5 Å². The molecule has 0 bridgehead atoms. The minimum atomic E-state index is -0.683. The second-order valence-corrected chi connectivity index (χ2v) is 5.18. The van der Waals surface area contributed by atoms with E-state index >= 15 is 0 Å². The second kappa shape index (κ2) is 5.72. The van der Waals surface area contributed by atoms with Crippen molar-refractivity contribution in [1.82, 2.24) is 5.43 Å². The lowest BCUT2D eigenvalue weighted by Crippen LogP contribution is -2.24. The number of para-hydroxylation sites is 1. The third-order valence-corrected chi connectivity index (χ3v) is 3.59. The monoisotopic (exact) mass is 298 g/mol. The number of rotatable bonds is 3. The van der Waals surface area contributed by atoms with Crippen molar-refractivity contribution in [2.45, 2.75) is 0 Å². The molecule has 0 saturated heterocycles. The molecule has 1 aromatic carbocycles. The molecule has 1 N–H and O–H groups in total. The van der Waals surface area contributed by atoms with Crippen molar-refractivity contribution < 1.29 is 9.21 Å². The van der Waals surface area contributed by atoms with E-state index < -0.39 is 11.5 Å². The van der Waals surface area contributed by atoms with Crippen LogP contribution in [0.2, 0.25) is 0 Å². The largest absolute Gasteiger partial charge is 0.422 e. The van der Waals surface area contributed by atoms with Crippen molar-refractivity contribution in [2.75, 3.05) is 0 Å². The van der Waals surface area contributed by atoms with Gasteiger partial charge in [0.15, 0.2) is 0 Å². The van der Waals surface area contributed by atoms with Gasteiger partial charge in [0, 0.05) is 10.3 Å². The van der Waals surface area contributed by atoms with Gasteiger partial charge in [-0.15, -0.1) is 11.3 Å². The Morgan fingerprint density at radius 3 is 2.90 bits per heavy atom. The summed E-state index contributed by atoms with van der Waals surface area (Å²) in [6, 6.07) is 12.3. The Balaban J connectivity index is 1.84. The van der Waals surface area contributed by atoms with E-state index in [4.69, 9.17) is 4.42 Å². The average Bonchev–Trinajstić information content (AvgIpc) is 2.99. The molecular formula is C15H10N2O3S. The fourth-order valence-electron chi connectivity index (χ4n) is 1.80. The fraction of sp³-hybridized carbons (Fsp3) is 0. The molecule has 0 fully saturated rings. The van der Waals surface area contributed by atoms with Crippen molar-refractivity contribution >= 4 is 34.4 Å². The first-order chi connectivity index (χ1) is 10.2. The molecule has 0 spiro atoms. The van der Waals surface area contributed by atoms with E-state index in [2.05, 4.69) is 10.5 Å². The highest BCUT2D eigenvalue weighted by Crippen LogP contribution is 2.12. The SMILES string of the molecule is O=C(N/N=C/c1cccs1)c1cc2ccccc2oc1=O. The number of thiophene rings is 1. The third kappa shape index (κ3) is 2.90. The molecule has 0 aliphatic rings. The van der Waals surface area contributed by atoms with Crippen LogP contribution in [0.5, 0.6) is 0 Å². The third-order valence-electron chi connectivity index (χ3n) is 2.79. The molecule has 0 atom stereocenters. The number of hydrogen-bond donors (Lipinski definition) is 1. The lowest BCUT2D eigenvalue weighted by Gasteiger charge is -2.00. The smallest absolute Gasteiger partial charge is 0.349 e. The van der Waals surface area contributed by atoms with Crippen LogP contribution in [0.15, 0.2) is 62.2 Å². The molecule has 0 unspecified atom stereocenters. The maximum atomic E-state index is 12.0. The molecule has 2 aromatic heterocycles. The molecule has 0 radical (unpaired) electrons. The van der Waals surface area contributed by atoms with Gasteiger partial charge in [0.05, 0.1) is 6.21 Å². The summed E-state index contributed by atoms with van der Waals surface area (Å²) in [4.78, 5) is 24.6. The lowest BCUT2D eigenvalue weighted by atomic mass is 10.2. The summed E-state index contributed by atoms with van der Waals surface area (Å²) in [7, 11) is 0. The van der Waals surface area contributed by atoms with Crippen LogP contribution in [0.4, 0.5) is 0 Å². The number of amides is 1. The molecule has 0 saturated carbocycles. The van der Waals surface area contributed by atoms with Gasteiger partial charge in [0.25, 0.3) is 5.91 Å². The number of fused-ring (bicyclic) bond motifs is 1. The first-order valence-electron chi connectivity index (χ1n) is 6.14. The quantitative estimate of drug-likeness (QED) is 0.459. The molecular weight excluding hydrogens is 288 g/mol. The summed E-state index contributed by atoms with van der Waals surface area (Å²) in [6.45, 7) is 0. The summed E-state index contributed by atoms with van der Waals surface area (Å²) in [5, 5.41) is 6.41. The topological polar surface area (TPSA) is 71.7 Å². The first-order valence-corrected chi connectivity index (χ1v) is 7.02. The summed E-state index contributed by atoms with van der Waals surface area (Å²) in [5.41, 5.74) is 2.01. The molecule has 0 aliphatic heterocycles. The normalized spacial score (nSPS) is 11.0. The zero-order valence-corrected chi connectivity index (χ0v) is 11.6. The fourth-order valence-corrected chi connectivity index (χ4v) is 2.38. The zero-order valence-electron chi connectivity index (χ0n) is 10.8. The summed E-state index contributed by atoms with van der Waals surface area (Å²) in [6.07, 6.45) is 1.52. The Labute approximate surface area is 123 Å². The van der Waals surface area contributed by atoms with E-state index in [0.717, 1.165) is 4.88 Å². The van der Waals surface area contributed by atoms with Gasteiger partial charge < -0.3 is 4.42 Å². The molecule has 0 aliphatic carbocycles. The minimum Gasteiger partial charge on any atom is -0.422 e. The van der Waals surface area contributed by atoms with Crippen molar-refractivity contribution in [3.8, 4) is 0 Å². The summed E-state index contributed by atoms with van der Waals surface area (Å²) < 4.78 is 5.10. The predicted octanol–water partition coefficient (Wildman–Crippen LogP) is 2.62. The highest BCUT2D eigenvalue weighted by atomic mass is 32.1. The summed E-state index contributed by atoms with van der Waals surface area (Å²) >= 11 is 1.49. The Morgan fingerprint density at radius 2 is 2.10 bits per heavy atom. The van der Waals surface area contributed by atoms with E-state index in [0.29, 0.717) is 11.0 Å². The van der Waals surface area contributed by atoms with Crippen LogP contribution < -0.4 is 11.1 Å². The molecule has 6 heteroatoms. The van der Waals surface area contributed by atoms with Gasteiger partial charge in [0.1, 0.15) is 11.1 Å². The van der Waals surface area contributed by atoms with Crippen LogP contribution in [0.3, 0.4) is 0 Å². The standard InChI is InChI=1S/C15H10N2O3S/c18-14(17-16-9-11-5-3-7-21-11)12-8-10-4-1-2-6-13(10)20-15(12)19/h1-9H,(H,17,18)/b16-9+. The van der Waals surface area contributed by atoms with Crippen LogP contribution in [-0.4, -0.2) is 12.1 Å². The number of nitrogens with zero attached hydrogens (tertiary/aromatic N) is 1. The molecule has 2 heterocycles. The Bertz CT molecular complexity index is 866. The Hall–Kier alpha value is -2.73. The van der Waals surface area contributed by atoms with Crippen LogP contribution >= 0.6 is 11.3 Å². The number of hydrazone groups is 1. The van der Waals surface area contributed by atoms with Gasteiger partial charge in [-0.1, -0.05) is 24.3 Å². The van der Waals surface area contributed by atoms with Gasteiger partial charge in [-0.25, -0.2) is 10.2 Å². The predicted molar refractivity (Wildman–Crippen MR) is 81.9 cm³/mol. The molecule has 104 valence electrons. The highest BCUT2D eigenvalue weighted by Gasteiger charge is 2.12. The zero-order chi connectivity index (χ0) is 14.7. The van der Waals surface area contributed by atoms with E-state index in [1.54, 1.807) is 24.3 Å². The van der Waals surface area contributed by atoms with Gasteiger partial charge in [-0.05, 0) is 23.6 Å². The Kier molecular flexibility index (Phi) is 3.61. The Morgan fingerprint density at radius 1 is 1.24 bits per heavy atom. The summed E-state index contributed by atoms with van der Waals surface area (Å²) in [5.74, 6) is -0.595. The highest BCUT2D eigenvalue weighted by molar-refractivity contribution is 7.11. The van der Waals surface area contributed by atoms with Crippen molar-refractivity contribution in [1.29, 1.82) is 0 Å². The second-order valence-electron chi connectivity index (χ2n) is 4.20. The van der Waals surface area contributed by atoms with Gasteiger partial charge >= 0.3 is 5.63 Å². The van der Waals surface area contributed by atoms with E-state index in [1.165, 1.54) is 23.6 Å². The lowest BCUT2D eigenvalue weighted by molar-refractivity contribution is 0.0951. The van der Waals surface area contributed by atoms with Crippen LogP contribution in [0, 0.1) is 0 Å². The van der Waals surface area contributed by atoms with Crippen LogP contribution in [0.1, 0.15) is 15.2 Å². The van der Waals surface area contributed by atoms with E-state index in [9.17, 15) is 9.59 Å². The molecule has 1 amide bonds. The number of carbonyl (C=O) groups is 1. The van der Waals surface area contributed by atoms with Gasteiger partial charge in [-0.3, -0.25) is 4.79 Å². The number of benzene rings is 1. The van der Waals surface area contributed by atoms with Crippen molar-refractivity contribution in [2.24, 2.45) is 5.10 Å². The maximum absolute atomic E-state index is 12.0. The minimum absolute atomic E-state index is 0.0722. The van der Waals surface area contributed by atoms with Gasteiger partial charge in [-0.2, -0.15) is 5.10 Å². The number of nitrogens with one attached hydrogen (secondary N) is 1. The molecule has 21 heavy (non-hydrogen) atoms. The number of carbonyl (C=O) groups excluding carboxylic acids is 1. The van der Waals surface area contributed by atoms with E-state index in [-0.39, 0.29) is 5.56 Å². The van der Waals surface area contributed by atoms with Crippen LogP contribution in [-0.2, 0) is 0 Å². The molecule has 3 rings (SSSR count). The van der Waals surface area contributed by atoms with Gasteiger partial charge in [0.2, 0.25) is 0 Å². The number of hydrogen-bond acceptors (Lipinski definition) is 5.